The maximum atomic E-state index is 13.3. The van der Waals surface area contributed by atoms with Gasteiger partial charge in [0.15, 0.2) is 0 Å². The van der Waals surface area contributed by atoms with Crippen molar-refractivity contribution in [3.05, 3.63) is 148 Å². The lowest BCUT2D eigenvalue weighted by atomic mass is 9.91. The molecule has 4 aromatic carbocycles. The van der Waals surface area contributed by atoms with E-state index in [0.29, 0.717) is 5.39 Å². The third-order valence-corrected chi connectivity index (χ3v) is 5.97. The molecule has 0 radical (unpaired) electrons. The van der Waals surface area contributed by atoms with Crippen LogP contribution in [0.1, 0.15) is 33.0 Å². The lowest BCUT2D eigenvalue weighted by Gasteiger charge is -2.17. The van der Waals surface area contributed by atoms with Crippen molar-refractivity contribution in [2.24, 2.45) is 0 Å². The van der Waals surface area contributed by atoms with E-state index in [0.717, 1.165) is 16.7 Å². The Bertz CT molecular complexity index is 1560. The Balaban J connectivity index is 1.37. The molecule has 0 atom stereocenters. The van der Waals surface area contributed by atoms with Gasteiger partial charge in [-0.05, 0) is 34.9 Å². The van der Waals surface area contributed by atoms with E-state index in [2.05, 4.69) is 5.32 Å². The molecular weight excluding hydrogens is 466 g/mol. The van der Waals surface area contributed by atoms with Crippen LogP contribution in [0.3, 0.4) is 0 Å². The second kappa shape index (κ2) is 10.7. The molecule has 182 valence electrons. The van der Waals surface area contributed by atoms with Crippen molar-refractivity contribution in [3.63, 3.8) is 0 Å². The number of fused-ring (bicyclic) bond motifs is 1. The summed E-state index contributed by atoms with van der Waals surface area (Å²) < 4.78 is 11.1. The van der Waals surface area contributed by atoms with Crippen LogP contribution in [0.25, 0.3) is 11.0 Å². The van der Waals surface area contributed by atoms with Crippen LogP contribution in [-0.2, 0) is 11.3 Å². The van der Waals surface area contributed by atoms with Crippen LogP contribution < -0.4 is 15.7 Å². The molecule has 0 aliphatic carbocycles. The summed E-state index contributed by atoms with van der Waals surface area (Å²) in [7, 11) is 0. The third kappa shape index (κ3) is 5.49. The Kier molecular flexibility index (Phi) is 6.90. The lowest BCUT2D eigenvalue weighted by molar-refractivity contribution is -0.135. The molecule has 0 aliphatic heterocycles. The molecule has 0 bridgehead atoms. The minimum absolute atomic E-state index is 0.0959. The number of esters is 1. The predicted molar refractivity (Wildman–Crippen MR) is 140 cm³/mol. The van der Waals surface area contributed by atoms with Crippen LogP contribution >= 0.6 is 0 Å². The summed E-state index contributed by atoms with van der Waals surface area (Å²) in [6.07, 6.45) is 0. The van der Waals surface area contributed by atoms with Gasteiger partial charge in [0.1, 0.15) is 22.8 Å². The predicted octanol–water partition coefficient (Wildman–Crippen LogP) is 5.46. The molecule has 5 rings (SSSR count). The average molecular weight is 490 g/mol. The average Bonchev–Trinajstić information content (AvgIpc) is 2.93. The zero-order valence-electron chi connectivity index (χ0n) is 19.8. The summed E-state index contributed by atoms with van der Waals surface area (Å²) in [5, 5.41) is 3.27. The van der Waals surface area contributed by atoms with Gasteiger partial charge in [0, 0.05) is 18.0 Å². The molecule has 1 heterocycles. The largest absolute Gasteiger partial charge is 0.426 e. The van der Waals surface area contributed by atoms with Gasteiger partial charge in [-0.3, -0.25) is 9.59 Å². The molecule has 1 amide bonds. The van der Waals surface area contributed by atoms with Crippen molar-refractivity contribution in [2.45, 2.75) is 12.5 Å². The summed E-state index contributed by atoms with van der Waals surface area (Å²) in [6.45, 7) is 0.288. The maximum Gasteiger partial charge on any atom is 0.349 e. The molecule has 0 aliphatic rings. The summed E-state index contributed by atoms with van der Waals surface area (Å²) in [5.41, 5.74) is 1.87. The highest BCUT2D eigenvalue weighted by molar-refractivity contribution is 5.96. The molecule has 5 aromatic rings. The van der Waals surface area contributed by atoms with E-state index in [-0.39, 0.29) is 23.4 Å². The summed E-state index contributed by atoms with van der Waals surface area (Å²) in [6, 6.07) is 34.4. The quantitative estimate of drug-likeness (QED) is 0.186. The van der Waals surface area contributed by atoms with Gasteiger partial charge in [0.2, 0.25) is 0 Å². The molecule has 0 unspecified atom stereocenters. The number of rotatable bonds is 7. The molecule has 1 N–H and O–H groups in total. The molecule has 0 spiro atoms. The van der Waals surface area contributed by atoms with E-state index < -0.39 is 23.4 Å². The van der Waals surface area contributed by atoms with Gasteiger partial charge < -0.3 is 14.5 Å². The second-order valence-electron chi connectivity index (χ2n) is 8.49. The smallest absolute Gasteiger partial charge is 0.349 e. The van der Waals surface area contributed by atoms with E-state index in [1.807, 2.05) is 91.0 Å². The van der Waals surface area contributed by atoms with Gasteiger partial charge in [0.05, 0.1) is 0 Å². The number of hydrogen-bond donors (Lipinski definition) is 1. The highest BCUT2D eigenvalue weighted by Crippen LogP contribution is 2.28. The fourth-order valence-corrected chi connectivity index (χ4v) is 4.12. The van der Waals surface area contributed by atoms with Crippen LogP contribution in [0.4, 0.5) is 0 Å². The van der Waals surface area contributed by atoms with E-state index in [1.165, 1.54) is 12.1 Å². The highest BCUT2D eigenvalue weighted by Gasteiger charge is 2.25. The number of nitrogens with one attached hydrogen (secondary N) is 1. The summed E-state index contributed by atoms with van der Waals surface area (Å²) in [4.78, 5) is 38.4. The number of amides is 1. The summed E-state index contributed by atoms with van der Waals surface area (Å²) in [5.74, 6) is -1.38. The Morgan fingerprint density at radius 1 is 0.757 bits per heavy atom. The number of carbonyl (C=O) groups excluding carboxylic acids is 2. The normalized spacial score (nSPS) is 10.8. The van der Waals surface area contributed by atoms with Gasteiger partial charge in [-0.1, -0.05) is 91.0 Å². The van der Waals surface area contributed by atoms with Gasteiger partial charge in [-0.15, -0.1) is 0 Å². The van der Waals surface area contributed by atoms with Crippen molar-refractivity contribution >= 4 is 22.8 Å². The van der Waals surface area contributed by atoms with Crippen molar-refractivity contribution < 1.29 is 18.7 Å². The zero-order chi connectivity index (χ0) is 25.6. The zero-order valence-corrected chi connectivity index (χ0v) is 19.8. The molecule has 37 heavy (non-hydrogen) atoms. The maximum absolute atomic E-state index is 13.3. The number of hydrogen-bond acceptors (Lipinski definition) is 5. The van der Waals surface area contributed by atoms with Crippen LogP contribution in [0.15, 0.2) is 124 Å². The Labute approximate surface area is 213 Å². The Hall–Kier alpha value is -4.97. The first-order chi connectivity index (χ1) is 18.1. The first-order valence-electron chi connectivity index (χ1n) is 11.8. The standard InChI is InChI=1S/C31H23NO5/c33-29(32-20-21-10-4-1-5-11-21)26-18-24-16-17-25(19-27(24)37-30(26)34)36-31(35)28(22-12-6-2-7-13-22)23-14-8-3-9-15-23/h1-19,28H,20H2,(H,32,33). The van der Waals surface area contributed by atoms with Crippen LogP contribution in [-0.4, -0.2) is 11.9 Å². The summed E-state index contributed by atoms with van der Waals surface area (Å²) >= 11 is 0. The fourth-order valence-electron chi connectivity index (χ4n) is 4.12. The number of carbonyl (C=O) groups is 2. The monoisotopic (exact) mass is 489 g/mol. The van der Waals surface area contributed by atoms with E-state index >= 15 is 0 Å². The second-order valence-corrected chi connectivity index (χ2v) is 8.49. The van der Waals surface area contributed by atoms with Crippen molar-refractivity contribution in [1.82, 2.24) is 5.32 Å². The van der Waals surface area contributed by atoms with Crippen LogP contribution in [0.2, 0.25) is 0 Å². The number of ether oxygens (including phenoxy) is 1. The van der Waals surface area contributed by atoms with Crippen LogP contribution in [0.5, 0.6) is 5.75 Å². The molecule has 0 saturated heterocycles. The van der Waals surface area contributed by atoms with E-state index in [1.54, 1.807) is 12.1 Å². The molecular formula is C31H23NO5. The molecule has 6 heteroatoms. The SMILES string of the molecule is O=C(NCc1ccccc1)c1cc2ccc(OC(=O)C(c3ccccc3)c3ccccc3)cc2oc1=O. The van der Waals surface area contributed by atoms with Crippen molar-refractivity contribution in [2.75, 3.05) is 0 Å². The Morgan fingerprint density at radius 3 is 1.97 bits per heavy atom. The van der Waals surface area contributed by atoms with E-state index in [4.69, 9.17) is 9.15 Å². The van der Waals surface area contributed by atoms with Gasteiger partial charge in [-0.2, -0.15) is 0 Å². The minimum Gasteiger partial charge on any atom is -0.426 e. The molecule has 0 fully saturated rings. The van der Waals surface area contributed by atoms with Gasteiger partial charge >= 0.3 is 11.6 Å². The van der Waals surface area contributed by atoms with Gasteiger partial charge in [0.25, 0.3) is 5.91 Å². The third-order valence-electron chi connectivity index (χ3n) is 5.97. The topological polar surface area (TPSA) is 85.6 Å². The lowest BCUT2D eigenvalue weighted by Crippen LogP contribution is -2.27. The van der Waals surface area contributed by atoms with Crippen molar-refractivity contribution in [1.29, 1.82) is 0 Å². The first-order valence-corrected chi connectivity index (χ1v) is 11.8. The molecule has 0 saturated carbocycles. The minimum atomic E-state index is -0.770. The molecule has 6 nitrogen and oxygen atoms in total. The van der Waals surface area contributed by atoms with Crippen LogP contribution in [0, 0.1) is 0 Å². The number of benzene rings is 4. The first kappa shape index (κ1) is 23.8. The van der Waals surface area contributed by atoms with Crippen molar-refractivity contribution in [3.8, 4) is 5.75 Å². The Morgan fingerprint density at radius 2 is 1.35 bits per heavy atom. The van der Waals surface area contributed by atoms with Gasteiger partial charge in [-0.25, -0.2) is 4.79 Å². The highest BCUT2D eigenvalue weighted by atomic mass is 16.5. The fraction of sp³-hybridized carbons (Fsp3) is 0.0645. The van der Waals surface area contributed by atoms with E-state index in [9.17, 15) is 14.4 Å². The molecule has 1 aromatic heterocycles.